The van der Waals surface area contributed by atoms with Crippen molar-refractivity contribution < 1.29 is 4.74 Å². The summed E-state index contributed by atoms with van der Waals surface area (Å²) >= 11 is 12.0. The molecule has 0 saturated heterocycles. The summed E-state index contributed by atoms with van der Waals surface area (Å²) in [5.41, 5.74) is 6.67. The van der Waals surface area contributed by atoms with Gasteiger partial charge >= 0.3 is 0 Å². The molecular weight excluding hydrogens is 271 g/mol. The van der Waals surface area contributed by atoms with E-state index in [-0.39, 0.29) is 6.10 Å². The number of hydrogen-bond donors (Lipinski definition) is 1. The molecule has 2 aromatic rings. The molecule has 0 aliphatic heterocycles. The lowest BCUT2D eigenvalue weighted by molar-refractivity contribution is 0.214. The Morgan fingerprint density at radius 1 is 1.17 bits per heavy atom. The van der Waals surface area contributed by atoms with Crippen LogP contribution in [0.3, 0.4) is 0 Å². The van der Waals surface area contributed by atoms with Gasteiger partial charge in [0.2, 0.25) is 0 Å². The summed E-state index contributed by atoms with van der Waals surface area (Å²) in [4.78, 5) is 3.96. The first-order valence-electron chi connectivity index (χ1n) is 5.43. The second-order valence-corrected chi connectivity index (χ2v) is 4.46. The molecule has 0 radical (unpaired) electrons. The summed E-state index contributed by atoms with van der Waals surface area (Å²) in [5.74, 6) is 0.524. The largest absolute Gasteiger partial charge is 0.483 e. The van der Waals surface area contributed by atoms with Crippen molar-refractivity contribution in [2.45, 2.75) is 6.10 Å². The summed E-state index contributed by atoms with van der Waals surface area (Å²) in [6, 6.07) is 8.97. The minimum absolute atomic E-state index is 0.274. The molecule has 5 heteroatoms. The number of rotatable bonds is 4. The van der Waals surface area contributed by atoms with Crippen molar-refractivity contribution in [3.05, 3.63) is 58.3 Å². The van der Waals surface area contributed by atoms with Crippen molar-refractivity contribution in [1.29, 1.82) is 0 Å². The number of benzene rings is 1. The quantitative estimate of drug-likeness (QED) is 0.934. The van der Waals surface area contributed by atoms with E-state index >= 15 is 0 Å². The smallest absolute Gasteiger partial charge is 0.140 e. The number of hydrogen-bond acceptors (Lipinski definition) is 3. The highest BCUT2D eigenvalue weighted by atomic mass is 35.5. The number of nitrogens with two attached hydrogens (primary N) is 1. The fourth-order valence-corrected chi connectivity index (χ4v) is 1.90. The average molecular weight is 283 g/mol. The highest BCUT2D eigenvalue weighted by Gasteiger charge is 2.14. The first kappa shape index (κ1) is 13.1. The van der Waals surface area contributed by atoms with Crippen molar-refractivity contribution >= 4 is 23.2 Å². The number of aromatic nitrogens is 1. The van der Waals surface area contributed by atoms with Gasteiger partial charge in [0, 0.05) is 18.9 Å². The minimum Gasteiger partial charge on any atom is -0.483 e. The molecule has 0 fully saturated rings. The lowest BCUT2D eigenvalue weighted by Crippen LogP contribution is -2.18. The highest BCUT2D eigenvalue weighted by Crippen LogP contribution is 2.34. The standard InChI is InChI=1S/C13H12Cl2N2O/c14-10-2-1-3-11(13(10)15)18-12(8-16)9-4-6-17-7-5-9/h1-7,12H,8,16H2. The molecule has 0 aliphatic carbocycles. The Balaban J connectivity index is 2.24. The molecule has 2 N–H and O–H groups in total. The Hall–Kier alpha value is -1.29. The summed E-state index contributed by atoms with van der Waals surface area (Å²) in [6.45, 7) is 0.340. The Bertz CT molecular complexity index is 520. The zero-order chi connectivity index (χ0) is 13.0. The second kappa shape index (κ2) is 6.05. The van der Waals surface area contributed by atoms with Gasteiger partial charge in [-0.1, -0.05) is 29.3 Å². The fraction of sp³-hybridized carbons (Fsp3) is 0.154. The Morgan fingerprint density at radius 3 is 2.56 bits per heavy atom. The van der Waals surface area contributed by atoms with Gasteiger partial charge < -0.3 is 10.5 Å². The Kier molecular flexibility index (Phi) is 4.42. The van der Waals surface area contributed by atoms with Gasteiger partial charge in [-0.05, 0) is 29.8 Å². The van der Waals surface area contributed by atoms with Gasteiger partial charge in [-0.15, -0.1) is 0 Å². The lowest BCUT2D eigenvalue weighted by Gasteiger charge is -2.18. The van der Waals surface area contributed by atoms with E-state index in [2.05, 4.69) is 4.98 Å². The van der Waals surface area contributed by atoms with Crippen LogP contribution in [0.5, 0.6) is 5.75 Å². The minimum atomic E-state index is -0.274. The molecular formula is C13H12Cl2N2O. The Labute approximate surface area is 115 Å². The first-order valence-corrected chi connectivity index (χ1v) is 6.18. The molecule has 2 rings (SSSR count). The summed E-state index contributed by atoms with van der Waals surface area (Å²) < 4.78 is 5.79. The van der Waals surface area contributed by atoms with Crippen molar-refractivity contribution in [1.82, 2.24) is 4.98 Å². The topological polar surface area (TPSA) is 48.1 Å². The maximum Gasteiger partial charge on any atom is 0.140 e. The molecule has 0 bridgehead atoms. The monoisotopic (exact) mass is 282 g/mol. The van der Waals surface area contributed by atoms with Gasteiger partial charge in [-0.3, -0.25) is 4.98 Å². The van der Waals surface area contributed by atoms with Crippen molar-refractivity contribution in [2.75, 3.05) is 6.54 Å². The van der Waals surface area contributed by atoms with Gasteiger partial charge in [-0.25, -0.2) is 0 Å². The highest BCUT2D eigenvalue weighted by molar-refractivity contribution is 6.42. The summed E-state index contributed by atoms with van der Waals surface area (Å²) in [7, 11) is 0. The van der Waals surface area contributed by atoms with E-state index in [1.165, 1.54) is 0 Å². The molecule has 94 valence electrons. The lowest BCUT2D eigenvalue weighted by atomic mass is 10.1. The SMILES string of the molecule is NCC(Oc1cccc(Cl)c1Cl)c1ccncc1. The average Bonchev–Trinajstić information content (AvgIpc) is 2.41. The van der Waals surface area contributed by atoms with Crippen molar-refractivity contribution in [3.8, 4) is 5.75 Å². The third kappa shape index (κ3) is 2.93. The fourth-order valence-electron chi connectivity index (χ4n) is 1.56. The molecule has 1 atom stereocenters. The van der Waals surface area contributed by atoms with E-state index in [0.29, 0.717) is 22.3 Å². The van der Waals surface area contributed by atoms with Crippen LogP contribution in [0.4, 0.5) is 0 Å². The maximum absolute atomic E-state index is 6.07. The van der Waals surface area contributed by atoms with Crippen molar-refractivity contribution in [3.63, 3.8) is 0 Å². The number of halogens is 2. The normalized spacial score (nSPS) is 12.2. The molecule has 18 heavy (non-hydrogen) atoms. The summed E-state index contributed by atoms with van der Waals surface area (Å²) in [5, 5.41) is 0.853. The van der Waals surface area contributed by atoms with E-state index in [4.69, 9.17) is 33.7 Å². The molecule has 0 amide bonds. The van der Waals surface area contributed by atoms with Gasteiger partial charge in [0.1, 0.15) is 16.9 Å². The zero-order valence-electron chi connectivity index (χ0n) is 9.51. The van der Waals surface area contributed by atoms with Crippen LogP contribution in [0.25, 0.3) is 0 Å². The third-order valence-electron chi connectivity index (χ3n) is 2.48. The van der Waals surface area contributed by atoms with Gasteiger partial charge in [0.05, 0.1) is 5.02 Å². The molecule has 0 spiro atoms. The van der Waals surface area contributed by atoms with Crippen LogP contribution in [-0.4, -0.2) is 11.5 Å². The molecule has 3 nitrogen and oxygen atoms in total. The maximum atomic E-state index is 6.07. The molecule has 1 aromatic carbocycles. The van der Waals surface area contributed by atoms with Crippen LogP contribution in [0.2, 0.25) is 10.0 Å². The molecule has 0 aliphatic rings. The predicted octanol–water partition coefficient (Wildman–Crippen LogP) is 3.47. The van der Waals surface area contributed by atoms with Gasteiger partial charge in [-0.2, -0.15) is 0 Å². The van der Waals surface area contributed by atoms with Gasteiger partial charge in [0.15, 0.2) is 0 Å². The van der Waals surface area contributed by atoms with E-state index in [0.717, 1.165) is 5.56 Å². The van der Waals surface area contributed by atoms with Crippen LogP contribution in [0.15, 0.2) is 42.7 Å². The van der Waals surface area contributed by atoms with E-state index < -0.39 is 0 Å². The second-order valence-electron chi connectivity index (χ2n) is 3.67. The van der Waals surface area contributed by atoms with Crippen LogP contribution in [-0.2, 0) is 0 Å². The van der Waals surface area contributed by atoms with Crippen LogP contribution < -0.4 is 10.5 Å². The van der Waals surface area contributed by atoms with Crippen LogP contribution >= 0.6 is 23.2 Å². The zero-order valence-corrected chi connectivity index (χ0v) is 11.0. The Morgan fingerprint density at radius 2 is 1.89 bits per heavy atom. The molecule has 1 unspecified atom stereocenters. The molecule has 0 saturated carbocycles. The molecule has 1 heterocycles. The van der Waals surface area contributed by atoms with Crippen LogP contribution in [0.1, 0.15) is 11.7 Å². The first-order chi connectivity index (χ1) is 8.72. The van der Waals surface area contributed by atoms with Gasteiger partial charge in [0.25, 0.3) is 0 Å². The van der Waals surface area contributed by atoms with E-state index in [1.54, 1.807) is 30.6 Å². The van der Waals surface area contributed by atoms with E-state index in [1.807, 2.05) is 12.1 Å². The van der Waals surface area contributed by atoms with Crippen molar-refractivity contribution in [2.24, 2.45) is 5.73 Å². The number of nitrogens with zero attached hydrogens (tertiary/aromatic N) is 1. The predicted molar refractivity (Wildman–Crippen MR) is 73.1 cm³/mol. The molecule has 1 aromatic heterocycles. The third-order valence-corrected chi connectivity index (χ3v) is 3.28. The number of pyridine rings is 1. The van der Waals surface area contributed by atoms with E-state index in [9.17, 15) is 0 Å². The summed E-state index contributed by atoms with van der Waals surface area (Å²) in [6.07, 6.45) is 3.12. The number of ether oxygens (including phenoxy) is 1. The van der Waals surface area contributed by atoms with Crippen LogP contribution in [0, 0.1) is 0 Å².